The van der Waals surface area contributed by atoms with Gasteiger partial charge < -0.3 is 23.4 Å². The van der Waals surface area contributed by atoms with Crippen LogP contribution in [0.25, 0.3) is 121 Å². The minimum absolute atomic E-state index is 0.0101. The molecule has 466 valence electrons. The molecule has 0 bridgehead atoms. The van der Waals surface area contributed by atoms with Crippen LogP contribution in [0.1, 0.15) is 77.3 Å². The highest BCUT2D eigenvalue weighted by Crippen LogP contribution is 2.52. The van der Waals surface area contributed by atoms with Crippen molar-refractivity contribution in [2.75, 3.05) is 9.80 Å². The van der Waals surface area contributed by atoms with Gasteiger partial charge in [0.2, 0.25) is 0 Å². The number of aromatic nitrogens is 2. The molecular weight excluding hydrogens is 1190 g/mol. The van der Waals surface area contributed by atoms with E-state index in [0.29, 0.717) is 61.6 Å². The van der Waals surface area contributed by atoms with Crippen LogP contribution < -0.4 is 26.2 Å². The van der Waals surface area contributed by atoms with Gasteiger partial charge in [-0.15, -0.1) is 0 Å². The predicted molar refractivity (Wildman–Crippen MR) is 416 cm³/mol. The summed E-state index contributed by atoms with van der Waals surface area (Å²) in [6.07, 6.45) is 0. The number of para-hydroxylation sites is 4. The average molecular weight is 1280 g/mol. The summed E-state index contributed by atoms with van der Waals surface area (Å²) in [5.74, 6) is 0. The van der Waals surface area contributed by atoms with Crippen LogP contribution in [0.15, 0.2) is 313 Å². The first-order valence-corrected chi connectivity index (χ1v) is 32.9. The quantitative estimate of drug-likeness (QED) is 0.142. The van der Waals surface area contributed by atoms with Crippen molar-refractivity contribution < 1.29 is 29.1 Å². The lowest BCUT2D eigenvalue weighted by Crippen LogP contribution is -2.61. The SMILES string of the molecule is [2H]c1c([2H])c([2H])c(-c2ccc3c(c2)N(c2cc(-c4ccccc4)cc(-c4ccccc4)c2)c2cc(-n4c5ccc(C(C)(C)C)cc5c5cc(C(C)(C)C)ccc54)cc4c2B3c2ccc(-c3c([2H])c([2H])c([2H])c([2H])c3[2H])cc2N4c2cccc3c2oc2c(-n4c5c([2H])c([2H])c([2H])c([2H])c5c5c([2H])c([2H])c([2H])c([2H])c54)cccc23)c([2H])c1[2H]. The van der Waals surface area contributed by atoms with Gasteiger partial charge in [-0.25, -0.2) is 0 Å². The summed E-state index contributed by atoms with van der Waals surface area (Å²) in [6.45, 7) is 12.4. The van der Waals surface area contributed by atoms with Gasteiger partial charge in [0.1, 0.15) is 0 Å². The first-order valence-electron chi connectivity index (χ1n) is 41.9. The summed E-state index contributed by atoms with van der Waals surface area (Å²) in [7, 11) is 0. The maximum Gasteiger partial charge on any atom is 0.252 e. The maximum absolute atomic E-state index is 9.58. The molecule has 2 aliphatic rings. The zero-order chi connectivity index (χ0) is 81.4. The van der Waals surface area contributed by atoms with Crippen LogP contribution in [0.5, 0.6) is 0 Å². The Bertz CT molecular complexity index is 6980. The summed E-state index contributed by atoms with van der Waals surface area (Å²) in [4.78, 5) is 4.30. The number of anilines is 6. The molecule has 2 aliphatic heterocycles. The molecule has 5 heterocycles. The van der Waals surface area contributed by atoms with Gasteiger partial charge in [-0.1, -0.05) is 260 Å². The number of hydrogen-bond acceptors (Lipinski definition) is 3. The van der Waals surface area contributed by atoms with Crippen LogP contribution in [0.3, 0.4) is 0 Å². The summed E-state index contributed by atoms with van der Waals surface area (Å²) >= 11 is 0. The lowest BCUT2D eigenvalue weighted by molar-refractivity contribution is 0.590. The second-order valence-electron chi connectivity index (χ2n) is 27.5. The van der Waals surface area contributed by atoms with E-state index >= 15 is 0 Å². The van der Waals surface area contributed by atoms with E-state index in [1.165, 1.54) is 4.57 Å². The number of fused-ring (bicyclic) bond motifs is 13. The first kappa shape index (κ1) is 41.9. The number of nitrogens with zero attached hydrogens (tertiary/aromatic N) is 4. The van der Waals surface area contributed by atoms with Crippen LogP contribution >= 0.6 is 0 Å². The molecule has 0 spiro atoms. The average Bonchev–Trinajstić information content (AvgIpc) is 1.26. The molecule has 5 nitrogen and oxygen atoms in total. The molecule has 0 saturated carbocycles. The Morgan fingerprint density at radius 1 is 0.296 bits per heavy atom. The highest BCUT2D eigenvalue weighted by molar-refractivity contribution is 7.00. The van der Waals surface area contributed by atoms with E-state index in [2.05, 4.69) is 147 Å². The molecule has 0 atom stereocenters. The van der Waals surface area contributed by atoms with Gasteiger partial charge in [0.25, 0.3) is 6.71 Å². The van der Waals surface area contributed by atoms with E-state index in [0.717, 1.165) is 66.1 Å². The lowest BCUT2D eigenvalue weighted by Gasteiger charge is -2.44. The smallest absolute Gasteiger partial charge is 0.252 e. The molecule has 0 N–H and O–H groups in total. The van der Waals surface area contributed by atoms with Crippen molar-refractivity contribution in [2.24, 2.45) is 0 Å². The molecule has 3 aromatic heterocycles. The third-order valence-corrected chi connectivity index (χ3v) is 19.8. The predicted octanol–water partition coefficient (Wildman–Crippen LogP) is 23.1. The molecule has 0 amide bonds. The van der Waals surface area contributed by atoms with E-state index < -0.39 is 115 Å². The highest BCUT2D eigenvalue weighted by Gasteiger charge is 2.45. The summed E-state index contributed by atoms with van der Waals surface area (Å²) in [5.41, 5.74) is 14.3. The normalized spacial score (nSPS) is 15.5. The molecule has 0 saturated heterocycles. The Balaban J connectivity index is 0.997. The van der Waals surface area contributed by atoms with Gasteiger partial charge in [-0.3, -0.25) is 0 Å². The molecule has 0 aliphatic carbocycles. The van der Waals surface area contributed by atoms with E-state index in [9.17, 15) is 11.0 Å². The molecule has 6 heteroatoms. The van der Waals surface area contributed by atoms with Crippen molar-refractivity contribution in [3.8, 4) is 55.9 Å². The van der Waals surface area contributed by atoms with E-state index in [-0.39, 0.29) is 66.2 Å². The number of rotatable bonds is 8. The Kier molecular flexibility index (Phi) is 9.33. The van der Waals surface area contributed by atoms with Crippen molar-refractivity contribution in [3.63, 3.8) is 0 Å². The van der Waals surface area contributed by atoms with Crippen LogP contribution in [0.2, 0.25) is 0 Å². The van der Waals surface area contributed by atoms with Crippen LogP contribution in [0, 0.1) is 0 Å². The summed E-state index contributed by atoms with van der Waals surface area (Å²) < 4.78 is 177. The van der Waals surface area contributed by atoms with Gasteiger partial charge in [-0.05, 0) is 174 Å². The van der Waals surface area contributed by atoms with Crippen LogP contribution in [-0.2, 0) is 10.8 Å². The third kappa shape index (κ3) is 9.01. The Labute approximate surface area is 596 Å². The number of benzene rings is 14. The molecular formula is C92H69BN4O. The minimum atomic E-state index is -0.765. The monoisotopic (exact) mass is 1270 g/mol. The van der Waals surface area contributed by atoms with Crippen molar-refractivity contribution in [3.05, 3.63) is 320 Å². The van der Waals surface area contributed by atoms with Crippen LogP contribution in [-0.4, -0.2) is 15.8 Å². The van der Waals surface area contributed by atoms with Crippen molar-refractivity contribution in [1.29, 1.82) is 0 Å². The second-order valence-corrected chi connectivity index (χ2v) is 27.5. The van der Waals surface area contributed by atoms with Crippen molar-refractivity contribution in [2.45, 2.75) is 52.4 Å². The van der Waals surface area contributed by atoms with Gasteiger partial charge >= 0.3 is 0 Å². The van der Waals surface area contributed by atoms with Crippen molar-refractivity contribution in [1.82, 2.24) is 9.13 Å². The zero-order valence-electron chi connectivity index (χ0n) is 72.3. The Hall–Kier alpha value is -11.9. The fourth-order valence-electron chi connectivity index (χ4n) is 15.1. The lowest BCUT2D eigenvalue weighted by atomic mass is 9.33. The minimum Gasteiger partial charge on any atom is -0.452 e. The fourth-order valence-corrected chi connectivity index (χ4v) is 15.1. The molecule has 19 rings (SSSR count). The highest BCUT2D eigenvalue weighted by atomic mass is 16.3. The molecule has 0 unspecified atom stereocenters. The zero-order valence-corrected chi connectivity index (χ0v) is 54.3. The van der Waals surface area contributed by atoms with Gasteiger partial charge in [0.15, 0.2) is 11.2 Å². The maximum atomic E-state index is 9.58. The second kappa shape index (κ2) is 21.8. The van der Waals surface area contributed by atoms with Crippen molar-refractivity contribution >= 4 is 123 Å². The fraction of sp³-hybridized carbons (Fsp3) is 0.0870. The molecule has 0 radical (unpaired) electrons. The van der Waals surface area contributed by atoms with E-state index in [4.69, 9.17) is 18.1 Å². The molecule has 98 heavy (non-hydrogen) atoms. The van der Waals surface area contributed by atoms with Gasteiger partial charge in [0, 0.05) is 60.8 Å². The third-order valence-electron chi connectivity index (χ3n) is 19.8. The topological polar surface area (TPSA) is 29.5 Å². The largest absolute Gasteiger partial charge is 0.452 e. The Morgan fingerprint density at radius 2 is 0.765 bits per heavy atom. The Morgan fingerprint density at radius 3 is 1.29 bits per heavy atom. The summed E-state index contributed by atoms with van der Waals surface area (Å²) in [6, 6.07) is 57.3. The molecule has 14 aromatic carbocycles. The summed E-state index contributed by atoms with van der Waals surface area (Å²) in [5, 5.41) is 2.86. The van der Waals surface area contributed by atoms with E-state index in [1.807, 2.05) is 84.9 Å². The van der Waals surface area contributed by atoms with E-state index in [1.54, 1.807) is 24.3 Å². The number of furan rings is 1. The number of hydrogen-bond donors (Lipinski definition) is 0. The van der Waals surface area contributed by atoms with Crippen LogP contribution in [0.4, 0.5) is 34.1 Å². The molecule has 0 fully saturated rings. The standard InChI is InChI=1S/C92H69BN4O/c1-91(2,3)66-43-47-80-74(54-66)75-55-67(92(4,5)6)44-48-81(75)94(80)69-56-86-88-87(57-69)97(83-40-24-36-73-72-35-23-39-82(89(72)98-90(73)83)96-78-37-21-19-33-70(78)71-34-20-22-38-79(71)96)85-53-63(59-27-13-8-14-28-59)42-46-77(85)93(88)76-45-41-62(58-25-11-7-12-26-58)52-84(76)95(86)68-50-64(60-29-15-9-16-30-60)49-65(51-68)61-31-17-10-18-32-61/h7-57H,1-6H3/i7D,8D,11D,12D,13D,14D,19D,20D,21D,22D,25D,26D,27D,28D,33D,34D,37D,38D. The molecule has 17 aromatic rings. The van der Waals surface area contributed by atoms with Gasteiger partial charge in [0.05, 0.1) is 63.8 Å². The first-order chi connectivity index (χ1) is 55.3. The van der Waals surface area contributed by atoms with Gasteiger partial charge in [-0.2, -0.15) is 0 Å².